The molecule has 0 saturated carbocycles. The molecule has 6 heteroatoms. The maximum Gasteiger partial charge on any atom is 0.338 e. The zero-order valence-electron chi connectivity index (χ0n) is 18.0. The van der Waals surface area contributed by atoms with Crippen molar-refractivity contribution in [3.8, 4) is 11.5 Å². The van der Waals surface area contributed by atoms with Crippen LogP contribution in [0.1, 0.15) is 67.2 Å². The van der Waals surface area contributed by atoms with Crippen molar-refractivity contribution < 1.29 is 19.4 Å². The maximum absolute atomic E-state index is 12.3. The standard InChI is InChI=1S/C24H27NO4.ClH/c1-6-28-22(27)15-9-7-8-14(10-15)20-19-16(12-23(2,3)25-20)11-18(26)21-17(19)13-24(4,5)29-21;/h7-11,26H,6,12-13H2,1-5H3;1H. The Morgan fingerprint density at radius 2 is 1.93 bits per heavy atom. The Hall–Kier alpha value is -2.53. The Bertz CT molecular complexity index is 1040. The number of nitrogens with zero attached hydrogens (tertiary/aromatic N) is 1. The van der Waals surface area contributed by atoms with Crippen LogP contribution < -0.4 is 4.74 Å². The highest BCUT2D eigenvalue weighted by atomic mass is 35.5. The van der Waals surface area contributed by atoms with Crippen molar-refractivity contribution in [2.75, 3.05) is 6.61 Å². The predicted molar refractivity (Wildman–Crippen MR) is 120 cm³/mol. The van der Waals surface area contributed by atoms with Gasteiger partial charge in [-0.25, -0.2) is 4.79 Å². The first kappa shape index (κ1) is 22.2. The van der Waals surface area contributed by atoms with E-state index in [1.165, 1.54) is 0 Å². The molecule has 0 amide bonds. The third-order valence-electron chi connectivity index (χ3n) is 5.34. The summed E-state index contributed by atoms with van der Waals surface area (Å²) in [6, 6.07) is 9.22. The molecule has 2 heterocycles. The predicted octanol–water partition coefficient (Wildman–Crippen LogP) is 4.88. The smallest absolute Gasteiger partial charge is 0.338 e. The lowest BCUT2D eigenvalue weighted by atomic mass is 9.81. The zero-order valence-corrected chi connectivity index (χ0v) is 18.9. The Morgan fingerprint density at radius 1 is 1.20 bits per heavy atom. The van der Waals surface area contributed by atoms with Gasteiger partial charge in [-0.2, -0.15) is 0 Å². The minimum absolute atomic E-state index is 0. The maximum atomic E-state index is 12.3. The number of carbonyl (C=O) groups is 1. The van der Waals surface area contributed by atoms with Gasteiger partial charge in [-0.15, -0.1) is 12.4 Å². The molecule has 0 fully saturated rings. The van der Waals surface area contributed by atoms with E-state index in [1.54, 1.807) is 19.1 Å². The summed E-state index contributed by atoms with van der Waals surface area (Å²) in [4.78, 5) is 17.3. The van der Waals surface area contributed by atoms with Gasteiger partial charge in [0.1, 0.15) is 5.60 Å². The highest BCUT2D eigenvalue weighted by molar-refractivity contribution is 6.16. The Morgan fingerprint density at radius 3 is 2.63 bits per heavy atom. The number of ether oxygens (including phenoxy) is 2. The molecular weight excluding hydrogens is 402 g/mol. The van der Waals surface area contributed by atoms with Gasteiger partial charge in [-0.05, 0) is 64.8 Å². The average Bonchev–Trinajstić information content (AvgIpc) is 2.96. The third-order valence-corrected chi connectivity index (χ3v) is 5.34. The summed E-state index contributed by atoms with van der Waals surface area (Å²) in [7, 11) is 0. The zero-order chi connectivity index (χ0) is 21.0. The first-order chi connectivity index (χ1) is 13.6. The second kappa shape index (κ2) is 7.62. The van der Waals surface area contributed by atoms with E-state index in [-0.39, 0.29) is 35.3 Å². The van der Waals surface area contributed by atoms with Crippen LogP contribution in [0, 0.1) is 0 Å². The summed E-state index contributed by atoms with van der Waals surface area (Å²) in [6.07, 6.45) is 1.42. The summed E-state index contributed by atoms with van der Waals surface area (Å²) in [6.45, 7) is 10.3. The second-order valence-corrected chi connectivity index (χ2v) is 9.03. The number of aliphatic imine (C=N–C) groups is 1. The highest BCUT2D eigenvalue weighted by Crippen LogP contribution is 2.47. The molecule has 0 aromatic heterocycles. The van der Waals surface area contributed by atoms with Crippen LogP contribution in [0.3, 0.4) is 0 Å². The van der Waals surface area contributed by atoms with Gasteiger partial charge in [0.15, 0.2) is 11.5 Å². The van der Waals surface area contributed by atoms with Crippen molar-refractivity contribution >= 4 is 24.1 Å². The van der Waals surface area contributed by atoms with Gasteiger partial charge in [-0.1, -0.05) is 12.1 Å². The molecule has 2 aliphatic heterocycles. The molecule has 0 spiro atoms. The normalized spacial score (nSPS) is 17.7. The van der Waals surface area contributed by atoms with Gasteiger partial charge in [0, 0.05) is 23.1 Å². The fourth-order valence-corrected chi connectivity index (χ4v) is 4.30. The molecule has 2 aromatic carbocycles. The lowest BCUT2D eigenvalue weighted by Crippen LogP contribution is -2.30. The number of aromatic hydroxyl groups is 1. The van der Waals surface area contributed by atoms with Crippen LogP contribution in [-0.4, -0.2) is 34.5 Å². The topological polar surface area (TPSA) is 68.1 Å². The van der Waals surface area contributed by atoms with E-state index in [0.29, 0.717) is 24.3 Å². The number of benzene rings is 2. The Labute approximate surface area is 183 Å². The van der Waals surface area contributed by atoms with Crippen LogP contribution >= 0.6 is 12.4 Å². The molecule has 5 nitrogen and oxygen atoms in total. The van der Waals surface area contributed by atoms with Gasteiger partial charge in [0.2, 0.25) is 0 Å². The molecule has 30 heavy (non-hydrogen) atoms. The highest BCUT2D eigenvalue weighted by Gasteiger charge is 2.39. The van der Waals surface area contributed by atoms with Gasteiger partial charge in [0.05, 0.1) is 23.4 Å². The Kier molecular flexibility index (Phi) is 5.63. The van der Waals surface area contributed by atoms with Crippen molar-refractivity contribution in [2.45, 2.75) is 58.6 Å². The number of fused-ring (bicyclic) bond motifs is 3. The molecule has 0 bridgehead atoms. The molecule has 2 aromatic rings. The first-order valence-corrected chi connectivity index (χ1v) is 10.0. The molecular formula is C24H28ClNO4. The van der Waals surface area contributed by atoms with Crippen LogP contribution in [0.2, 0.25) is 0 Å². The number of halogens is 1. The lowest BCUT2D eigenvalue weighted by molar-refractivity contribution is 0.0526. The molecule has 0 aliphatic carbocycles. The number of esters is 1. The van der Waals surface area contributed by atoms with Gasteiger partial charge < -0.3 is 14.6 Å². The average molecular weight is 430 g/mol. The Balaban J connectivity index is 0.00000256. The van der Waals surface area contributed by atoms with E-state index >= 15 is 0 Å². The number of hydrogen-bond acceptors (Lipinski definition) is 5. The molecule has 1 N–H and O–H groups in total. The first-order valence-electron chi connectivity index (χ1n) is 10.0. The van der Waals surface area contributed by atoms with Crippen LogP contribution in [0.15, 0.2) is 35.3 Å². The molecule has 160 valence electrons. The number of hydrogen-bond donors (Lipinski definition) is 1. The molecule has 0 unspecified atom stereocenters. The van der Waals surface area contributed by atoms with E-state index in [2.05, 4.69) is 13.8 Å². The van der Waals surface area contributed by atoms with Crippen molar-refractivity contribution in [3.63, 3.8) is 0 Å². The van der Waals surface area contributed by atoms with Crippen molar-refractivity contribution in [1.29, 1.82) is 0 Å². The quantitative estimate of drug-likeness (QED) is 0.706. The molecule has 0 atom stereocenters. The van der Waals surface area contributed by atoms with Crippen LogP contribution in [0.5, 0.6) is 11.5 Å². The van der Waals surface area contributed by atoms with E-state index in [1.807, 2.05) is 32.0 Å². The van der Waals surface area contributed by atoms with Crippen LogP contribution in [0.4, 0.5) is 0 Å². The van der Waals surface area contributed by atoms with Gasteiger partial charge >= 0.3 is 5.97 Å². The summed E-state index contributed by atoms with van der Waals surface area (Å²) >= 11 is 0. The minimum atomic E-state index is -0.389. The van der Waals surface area contributed by atoms with E-state index in [0.717, 1.165) is 34.4 Å². The van der Waals surface area contributed by atoms with Gasteiger partial charge in [0.25, 0.3) is 0 Å². The van der Waals surface area contributed by atoms with E-state index in [9.17, 15) is 9.90 Å². The van der Waals surface area contributed by atoms with Crippen molar-refractivity contribution in [1.82, 2.24) is 0 Å². The van der Waals surface area contributed by atoms with Crippen molar-refractivity contribution in [3.05, 3.63) is 58.1 Å². The van der Waals surface area contributed by atoms with E-state index in [4.69, 9.17) is 14.5 Å². The SMILES string of the molecule is CCOC(=O)c1cccc(C2=NC(C)(C)Cc3cc(O)c4c(c32)CC(C)(C)O4)c1.Cl. The number of carbonyl (C=O) groups excluding carboxylic acids is 1. The van der Waals surface area contributed by atoms with E-state index < -0.39 is 0 Å². The lowest BCUT2D eigenvalue weighted by Gasteiger charge is -2.30. The number of rotatable bonds is 3. The summed E-state index contributed by atoms with van der Waals surface area (Å²) < 4.78 is 11.2. The number of phenolic OH excluding ortho intramolecular Hbond substituents is 1. The fraction of sp³-hybridized carbons (Fsp3) is 0.417. The van der Waals surface area contributed by atoms with Crippen LogP contribution in [-0.2, 0) is 17.6 Å². The fourth-order valence-electron chi connectivity index (χ4n) is 4.30. The monoisotopic (exact) mass is 429 g/mol. The molecule has 0 saturated heterocycles. The molecule has 2 aliphatic rings. The summed E-state index contributed by atoms with van der Waals surface area (Å²) in [5.41, 5.74) is 4.55. The molecule has 0 radical (unpaired) electrons. The molecule has 4 rings (SSSR count). The second-order valence-electron chi connectivity index (χ2n) is 9.03. The minimum Gasteiger partial charge on any atom is -0.504 e. The summed E-state index contributed by atoms with van der Waals surface area (Å²) in [5.74, 6) is 0.384. The van der Waals surface area contributed by atoms with Gasteiger partial charge in [-0.3, -0.25) is 4.99 Å². The third kappa shape index (κ3) is 3.91. The number of phenols is 1. The van der Waals surface area contributed by atoms with Crippen LogP contribution in [0.25, 0.3) is 0 Å². The summed E-state index contributed by atoms with van der Waals surface area (Å²) in [5, 5.41) is 10.6. The largest absolute Gasteiger partial charge is 0.504 e. The van der Waals surface area contributed by atoms with Crippen molar-refractivity contribution in [2.24, 2.45) is 4.99 Å².